The minimum Gasteiger partial charge on any atom is -0.396 e. The summed E-state index contributed by atoms with van der Waals surface area (Å²) >= 11 is 0. The predicted molar refractivity (Wildman–Crippen MR) is 134 cm³/mol. The van der Waals surface area contributed by atoms with E-state index in [0.717, 1.165) is 32.3 Å². The Labute approximate surface area is 199 Å². The van der Waals surface area contributed by atoms with Gasteiger partial charge in [0.2, 0.25) is 0 Å². The van der Waals surface area contributed by atoms with Gasteiger partial charge in [-0.05, 0) is 12.8 Å². The Morgan fingerprint density at radius 3 is 1.34 bits per heavy atom. The van der Waals surface area contributed by atoms with Gasteiger partial charge in [0, 0.05) is 42.0 Å². The van der Waals surface area contributed by atoms with Crippen LogP contribution in [-0.4, -0.2) is 64.1 Å². The van der Waals surface area contributed by atoms with E-state index in [1.54, 1.807) is 7.11 Å². The summed E-state index contributed by atoms with van der Waals surface area (Å²) in [6, 6.07) is 0. The standard InChI is InChI=1S/C27H56O5/c1-12-14-16-31-22(24(3,4)18-28)26(7,8)20-30-21-27(9,10)23(32-17-15-13-2)25(5,6)19-29-11/h22-23,28H,12-21H2,1-11H3. The molecule has 0 fully saturated rings. The zero-order valence-corrected chi connectivity index (χ0v) is 23.3. The zero-order valence-electron chi connectivity index (χ0n) is 23.3. The van der Waals surface area contributed by atoms with Crippen LogP contribution < -0.4 is 0 Å². The monoisotopic (exact) mass is 460 g/mol. The maximum Gasteiger partial charge on any atom is 0.0720 e. The molecule has 0 aromatic rings. The van der Waals surface area contributed by atoms with Crippen LogP contribution in [0, 0.1) is 21.7 Å². The molecule has 1 N–H and O–H groups in total. The molecule has 0 saturated heterocycles. The van der Waals surface area contributed by atoms with Crippen LogP contribution in [0.2, 0.25) is 0 Å². The van der Waals surface area contributed by atoms with Crippen LogP contribution in [0.5, 0.6) is 0 Å². The van der Waals surface area contributed by atoms with E-state index in [1.807, 2.05) is 0 Å². The third-order valence-corrected chi connectivity index (χ3v) is 6.28. The molecule has 0 rings (SSSR count). The lowest BCUT2D eigenvalue weighted by Gasteiger charge is -2.45. The number of hydrogen-bond donors (Lipinski definition) is 1. The smallest absolute Gasteiger partial charge is 0.0720 e. The van der Waals surface area contributed by atoms with Crippen LogP contribution in [-0.2, 0) is 18.9 Å². The largest absolute Gasteiger partial charge is 0.396 e. The van der Waals surface area contributed by atoms with Gasteiger partial charge in [0.05, 0.1) is 38.6 Å². The van der Waals surface area contributed by atoms with Gasteiger partial charge in [-0.1, -0.05) is 82.1 Å². The lowest BCUT2D eigenvalue weighted by molar-refractivity contribution is -0.159. The molecule has 2 unspecified atom stereocenters. The summed E-state index contributed by atoms with van der Waals surface area (Å²) < 4.78 is 24.6. The molecule has 0 aromatic carbocycles. The van der Waals surface area contributed by atoms with Gasteiger partial charge in [-0.2, -0.15) is 0 Å². The molecule has 0 spiro atoms. The first-order valence-electron chi connectivity index (χ1n) is 12.6. The van der Waals surface area contributed by atoms with Gasteiger partial charge in [-0.3, -0.25) is 0 Å². The topological polar surface area (TPSA) is 57.2 Å². The summed E-state index contributed by atoms with van der Waals surface area (Å²) in [4.78, 5) is 0. The Morgan fingerprint density at radius 1 is 0.625 bits per heavy atom. The normalized spacial score (nSPS) is 15.8. The maximum atomic E-state index is 10.0. The van der Waals surface area contributed by atoms with Crippen molar-refractivity contribution >= 4 is 0 Å². The summed E-state index contributed by atoms with van der Waals surface area (Å²) in [6.45, 7) is 25.0. The number of aliphatic hydroxyl groups excluding tert-OH is 1. The van der Waals surface area contributed by atoms with Crippen molar-refractivity contribution in [2.45, 2.75) is 107 Å². The van der Waals surface area contributed by atoms with Crippen LogP contribution in [0.3, 0.4) is 0 Å². The minimum absolute atomic E-state index is 0.00935. The molecule has 2 atom stereocenters. The Balaban J connectivity index is 5.33. The number of hydrogen-bond acceptors (Lipinski definition) is 5. The number of rotatable bonds is 19. The Kier molecular flexibility index (Phi) is 14.2. The second-order valence-electron chi connectivity index (χ2n) is 12.2. The van der Waals surface area contributed by atoms with E-state index in [1.165, 1.54) is 0 Å². The Bertz CT molecular complexity index is 484. The van der Waals surface area contributed by atoms with Gasteiger partial charge in [0.15, 0.2) is 0 Å². The molecule has 32 heavy (non-hydrogen) atoms. The summed E-state index contributed by atoms with van der Waals surface area (Å²) in [5.74, 6) is 0. The van der Waals surface area contributed by atoms with Crippen molar-refractivity contribution in [3.63, 3.8) is 0 Å². The summed E-state index contributed by atoms with van der Waals surface area (Å²) in [6.07, 6.45) is 4.19. The molecule has 0 aliphatic rings. The van der Waals surface area contributed by atoms with E-state index >= 15 is 0 Å². The second kappa shape index (κ2) is 14.3. The highest BCUT2D eigenvalue weighted by molar-refractivity contribution is 4.93. The zero-order chi connectivity index (χ0) is 25.1. The van der Waals surface area contributed by atoms with E-state index in [9.17, 15) is 5.11 Å². The summed E-state index contributed by atoms with van der Waals surface area (Å²) in [5, 5.41) is 10.0. The van der Waals surface area contributed by atoms with Crippen molar-refractivity contribution in [2.24, 2.45) is 21.7 Å². The van der Waals surface area contributed by atoms with Crippen LogP contribution >= 0.6 is 0 Å². The van der Waals surface area contributed by atoms with E-state index in [0.29, 0.717) is 26.4 Å². The minimum atomic E-state index is -0.345. The number of aliphatic hydroxyl groups is 1. The quantitative estimate of drug-likeness (QED) is 0.235. The van der Waals surface area contributed by atoms with Gasteiger partial charge in [0.1, 0.15) is 0 Å². The first-order chi connectivity index (χ1) is 14.7. The fourth-order valence-corrected chi connectivity index (χ4v) is 4.97. The molecule has 0 aliphatic carbocycles. The van der Waals surface area contributed by atoms with E-state index in [4.69, 9.17) is 18.9 Å². The van der Waals surface area contributed by atoms with Crippen LogP contribution in [0.25, 0.3) is 0 Å². The summed E-state index contributed by atoms with van der Waals surface area (Å²) in [5.41, 5.74) is -0.897. The molecule has 194 valence electrons. The first-order valence-corrected chi connectivity index (χ1v) is 12.6. The van der Waals surface area contributed by atoms with Crippen LogP contribution in [0.1, 0.15) is 94.9 Å². The van der Waals surface area contributed by atoms with Gasteiger partial charge in [-0.15, -0.1) is 0 Å². The van der Waals surface area contributed by atoms with Crippen molar-refractivity contribution < 1.29 is 24.1 Å². The molecule has 0 aliphatic heterocycles. The molecular formula is C27H56O5. The maximum absolute atomic E-state index is 10.0. The van der Waals surface area contributed by atoms with Crippen molar-refractivity contribution in [3.8, 4) is 0 Å². The van der Waals surface area contributed by atoms with Crippen LogP contribution in [0.15, 0.2) is 0 Å². The lowest BCUT2D eigenvalue weighted by Crippen LogP contribution is -2.50. The molecule has 0 saturated carbocycles. The molecule has 0 radical (unpaired) electrons. The van der Waals surface area contributed by atoms with Gasteiger partial charge in [0.25, 0.3) is 0 Å². The summed E-state index contributed by atoms with van der Waals surface area (Å²) in [7, 11) is 1.75. The van der Waals surface area contributed by atoms with Crippen molar-refractivity contribution in [1.82, 2.24) is 0 Å². The molecule has 0 bridgehead atoms. The number of methoxy groups -OCH3 is 1. The second-order valence-corrected chi connectivity index (χ2v) is 12.2. The highest BCUT2D eigenvalue weighted by Crippen LogP contribution is 2.40. The van der Waals surface area contributed by atoms with Crippen molar-refractivity contribution in [3.05, 3.63) is 0 Å². The van der Waals surface area contributed by atoms with Gasteiger partial charge >= 0.3 is 0 Å². The molecule has 0 aromatic heterocycles. The third kappa shape index (κ3) is 10.4. The third-order valence-electron chi connectivity index (χ3n) is 6.28. The fourth-order valence-electron chi connectivity index (χ4n) is 4.97. The number of unbranched alkanes of at least 4 members (excludes halogenated alkanes) is 2. The average molecular weight is 461 g/mol. The molecular weight excluding hydrogens is 404 g/mol. The SMILES string of the molecule is CCCCOC(C(C)(C)CO)C(C)(C)COCC(C)(C)C(OCCCC)C(C)(C)COC. The number of ether oxygens (including phenoxy) is 4. The highest BCUT2D eigenvalue weighted by Gasteiger charge is 2.44. The highest BCUT2D eigenvalue weighted by atomic mass is 16.5. The Hall–Kier alpha value is -0.200. The van der Waals surface area contributed by atoms with Crippen molar-refractivity contribution in [1.29, 1.82) is 0 Å². The fraction of sp³-hybridized carbons (Fsp3) is 1.00. The Morgan fingerprint density at radius 2 is 1.00 bits per heavy atom. The van der Waals surface area contributed by atoms with E-state index in [2.05, 4.69) is 69.2 Å². The predicted octanol–water partition coefficient (Wildman–Crippen LogP) is 6.12. The van der Waals surface area contributed by atoms with E-state index in [-0.39, 0.29) is 40.5 Å². The lowest BCUT2D eigenvalue weighted by atomic mass is 9.71. The van der Waals surface area contributed by atoms with E-state index < -0.39 is 0 Å². The average Bonchev–Trinajstić information content (AvgIpc) is 2.67. The van der Waals surface area contributed by atoms with Gasteiger partial charge < -0.3 is 24.1 Å². The molecule has 0 heterocycles. The molecule has 5 heteroatoms. The van der Waals surface area contributed by atoms with Gasteiger partial charge in [-0.25, -0.2) is 0 Å². The first kappa shape index (κ1) is 31.8. The molecule has 5 nitrogen and oxygen atoms in total. The molecule has 0 amide bonds. The van der Waals surface area contributed by atoms with Crippen molar-refractivity contribution in [2.75, 3.05) is 46.8 Å². The van der Waals surface area contributed by atoms with Crippen LogP contribution in [0.4, 0.5) is 0 Å².